The molecule has 0 saturated carbocycles. The van der Waals surface area contributed by atoms with E-state index >= 15 is 0 Å². The minimum Gasteiger partial charge on any atom is -0.374 e. The van der Waals surface area contributed by atoms with Gasteiger partial charge in [0.25, 0.3) is 5.91 Å². The maximum absolute atomic E-state index is 11.7. The Bertz CT molecular complexity index is 411. The molecule has 1 aliphatic heterocycles. The first-order chi connectivity index (χ1) is 8.69. The number of carbonyl (C=O) groups excluding carboxylic acids is 1. The van der Waals surface area contributed by atoms with Gasteiger partial charge in [0.15, 0.2) is 0 Å². The molecule has 2 heterocycles. The molecule has 0 spiro atoms. The fraction of sp³-hybridized carbons (Fsp3) is 0.700. The summed E-state index contributed by atoms with van der Waals surface area (Å²) in [6.07, 6.45) is 0.0351. The van der Waals surface area contributed by atoms with Gasteiger partial charge in [0.2, 0.25) is 10.1 Å². The molecule has 1 amide bonds. The first-order valence-corrected chi connectivity index (χ1v) is 6.71. The van der Waals surface area contributed by atoms with Gasteiger partial charge < -0.3 is 15.8 Å². The van der Waals surface area contributed by atoms with Gasteiger partial charge in [0.05, 0.1) is 12.7 Å². The number of nitrogens with zero attached hydrogens (tertiary/aromatic N) is 3. The molecule has 8 heteroatoms. The molecule has 0 radical (unpaired) electrons. The lowest BCUT2D eigenvalue weighted by Gasteiger charge is -2.31. The number of aromatic nitrogens is 2. The molecule has 7 nitrogen and oxygen atoms in total. The third-order valence-electron chi connectivity index (χ3n) is 2.80. The van der Waals surface area contributed by atoms with Crippen LogP contribution in [0.1, 0.15) is 16.7 Å². The normalized spacial score (nSPS) is 20.8. The number of carbonyl (C=O) groups is 1. The molecular formula is C10H17N5O2S. The quantitative estimate of drug-likeness (QED) is 0.772. The third-order valence-corrected chi connectivity index (χ3v) is 3.55. The highest BCUT2D eigenvalue weighted by molar-refractivity contribution is 7.16. The predicted molar refractivity (Wildman–Crippen MR) is 68.5 cm³/mol. The van der Waals surface area contributed by atoms with Crippen molar-refractivity contribution in [1.82, 2.24) is 20.4 Å². The lowest BCUT2D eigenvalue weighted by Crippen LogP contribution is -2.47. The zero-order valence-corrected chi connectivity index (χ0v) is 11.1. The van der Waals surface area contributed by atoms with Crippen molar-refractivity contribution in [3.05, 3.63) is 5.01 Å². The lowest BCUT2D eigenvalue weighted by molar-refractivity contribution is -0.0246. The molecule has 1 aliphatic rings. The topological polar surface area (TPSA) is 93.4 Å². The Morgan fingerprint density at radius 2 is 2.50 bits per heavy atom. The van der Waals surface area contributed by atoms with Crippen molar-refractivity contribution in [2.75, 3.05) is 38.5 Å². The molecule has 2 rings (SSSR count). The van der Waals surface area contributed by atoms with E-state index in [1.807, 2.05) is 0 Å². The van der Waals surface area contributed by atoms with Gasteiger partial charge in [-0.05, 0) is 6.54 Å². The molecule has 1 saturated heterocycles. The maximum atomic E-state index is 11.7. The maximum Gasteiger partial charge on any atom is 0.282 e. The molecule has 100 valence electrons. The second-order valence-electron chi connectivity index (χ2n) is 4.04. The van der Waals surface area contributed by atoms with Crippen LogP contribution in [0.4, 0.5) is 5.13 Å². The highest BCUT2D eigenvalue weighted by Crippen LogP contribution is 2.10. The third kappa shape index (κ3) is 3.37. The van der Waals surface area contributed by atoms with Crippen molar-refractivity contribution < 1.29 is 9.53 Å². The van der Waals surface area contributed by atoms with Crippen LogP contribution in [0.5, 0.6) is 0 Å². The van der Waals surface area contributed by atoms with Gasteiger partial charge in [-0.25, -0.2) is 0 Å². The number of anilines is 1. The molecule has 1 unspecified atom stereocenters. The standard InChI is InChI=1S/C10H17N5O2S/c1-2-15-3-4-17-7(6-15)5-12-8(16)9-13-14-10(11)18-9/h7H,2-6H2,1H3,(H2,11,14)(H,12,16). The Morgan fingerprint density at radius 1 is 1.67 bits per heavy atom. The van der Waals surface area contributed by atoms with Gasteiger partial charge in [-0.15, -0.1) is 10.2 Å². The molecule has 1 fully saturated rings. The van der Waals surface area contributed by atoms with Crippen LogP contribution in [0.25, 0.3) is 0 Å². The predicted octanol–water partition coefficient (Wildman–Crippen LogP) is -0.429. The van der Waals surface area contributed by atoms with E-state index in [0.29, 0.717) is 18.3 Å². The SMILES string of the molecule is CCN1CCOC(CNC(=O)c2nnc(N)s2)C1. The number of nitrogen functional groups attached to an aromatic ring is 1. The van der Waals surface area contributed by atoms with Crippen molar-refractivity contribution >= 4 is 22.4 Å². The van der Waals surface area contributed by atoms with E-state index in [0.717, 1.165) is 31.0 Å². The largest absolute Gasteiger partial charge is 0.374 e. The first-order valence-electron chi connectivity index (χ1n) is 5.90. The number of rotatable bonds is 4. The summed E-state index contributed by atoms with van der Waals surface area (Å²) >= 11 is 1.08. The summed E-state index contributed by atoms with van der Waals surface area (Å²) in [5, 5.41) is 10.7. The van der Waals surface area contributed by atoms with Crippen molar-refractivity contribution in [2.24, 2.45) is 0 Å². The second-order valence-corrected chi connectivity index (χ2v) is 5.05. The Morgan fingerprint density at radius 3 is 3.17 bits per heavy atom. The van der Waals surface area contributed by atoms with Crippen LogP contribution in [0.2, 0.25) is 0 Å². The van der Waals surface area contributed by atoms with Gasteiger partial charge in [0, 0.05) is 19.6 Å². The molecule has 18 heavy (non-hydrogen) atoms. The van der Waals surface area contributed by atoms with E-state index in [1.54, 1.807) is 0 Å². The summed E-state index contributed by atoms with van der Waals surface area (Å²) in [7, 11) is 0. The van der Waals surface area contributed by atoms with Crippen molar-refractivity contribution in [2.45, 2.75) is 13.0 Å². The van der Waals surface area contributed by atoms with E-state index in [9.17, 15) is 4.79 Å². The van der Waals surface area contributed by atoms with Crippen LogP contribution >= 0.6 is 11.3 Å². The molecular weight excluding hydrogens is 254 g/mol. The first kappa shape index (κ1) is 13.2. The molecule has 3 N–H and O–H groups in total. The highest BCUT2D eigenvalue weighted by Gasteiger charge is 2.20. The molecule has 1 aromatic heterocycles. The fourth-order valence-electron chi connectivity index (χ4n) is 1.80. The van der Waals surface area contributed by atoms with Crippen molar-refractivity contribution in [3.63, 3.8) is 0 Å². The van der Waals surface area contributed by atoms with E-state index < -0.39 is 0 Å². The monoisotopic (exact) mass is 271 g/mol. The van der Waals surface area contributed by atoms with Crippen LogP contribution in [0, 0.1) is 0 Å². The van der Waals surface area contributed by atoms with Crippen molar-refractivity contribution in [3.8, 4) is 0 Å². The van der Waals surface area contributed by atoms with E-state index in [4.69, 9.17) is 10.5 Å². The number of amides is 1. The van der Waals surface area contributed by atoms with Gasteiger partial charge in [-0.3, -0.25) is 9.69 Å². The number of morpholine rings is 1. The molecule has 0 bridgehead atoms. The summed E-state index contributed by atoms with van der Waals surface area (Å²) < 4.78 is 5.59. The minimum atomic E-state index is -0.249. The number of ether oxygens (including phenoxy) is 1. The number of nitrogens with two attached hydrogens (primary N) is 1. The molecule has 1 atom stereocenters. The van der Waals surface area contributed by atoms with E-state index in [-0.39, 0.29) is 17.0 Å². The number of hydrogen-bond donors (Lipinski definition) is 2. The summed E-state index contributed by atoms with van der Waals surface area (Å²) in [6, 6.07) is 0. The van der Waals surface area contributed by atoms with Crippen LogP contribution in [0.3, 0.4) is 0 Å². The van der Waals surface area contributed by atoms with Gasteiger partial charge >= 0.3 is 0 Å². The average Bonchev–Trinajstić information content (AvgIpc) is 2.83. The van der Waals surface area contributed by atoms with E-state index in [2.05, 4.69) is 27.3 Å². The number of hydrogen-bond acceptors (Lipinski definition) is 7. The summed E-state index contributed by atoms with van der Waals surface area (Å²) in [4.78, 5) is 14.0. The summed E-state index contributed by atoms with van der Waals surface area (Å²) in [6.45, 7) is 6.10. The minimum absolute atomic E-state index is 0.0351. The Hall–Kier alpha value is -1.25. The average molecular weight is 271 g/mol. The number of likely N-dealkylation sites (N-methyl/N-ethyl adjacent to an activating group) is 1. The lowest BCUT2D eigenvalue weighted by atomic mass is 10.2. The van der Waals surface area contributed by atoms with E-state index in [1.165, 1.54) is 0 Å². The summed E-state index contributed by atoms with van der Waals surface area (Å²) in [5.74, 6) is -0.249. The Labute approximate surface area is 109 Å². The van der Waals surface area contributed by atoms with Crippen LogP contribution in [-0.4, -0.2) is 59.9 Å². The molecule has 1 aromatic rings. The highest BCUT2D eigenvalue weighted by atomic mass is 32.1. The second kappa shape index (κ2) is 6.07. The van der Waals surface area contributed by atoms with Gasteiger partial charge in [-0.2, -0.15) is 0 Å². The zero-order chi connectivity index (χ0) is 13.0. The number of nitrogens with one attached hydrogen (secondary N) is 1. The van der Waals surface area contributed by atoms with Crippen LogP contribution in [-0.2, 0) is 4.74 Å². The van der Waals surface area contributed by atoms with Crippen LogP contribution < -0.4 is 11.1 Å². The van der Waals surface area contributed by atoms with Gasteiger partial charge in [-0.1, -0.05) is 18.3 Å². The Kier molecular flexibility index (Phi) is 4.45. The Balaban J connectivity index is 1.79. The molecule has 0 aliphatic carbocycles. The fourth-order valence-corrected chi connectivity index (χ4v) is 2.33. The van der Waals surface area contributed by atoms with Crippen molar-refractivity contribution in [1.29, 1.82) is 0 Å². The summed E-state index contributed by atoms with van der Waals surface area (Å²) in [5.41, 5.74) is 5.43. The zero-order valence-electron chi connectivity index (χ0n) is 10.3. The van der Waals surface area contributed by atoms with Crippen LogP contribution in [0.15, 0.2) is 0 Å². The molecule has 0 aromatic carbocycles. The smallest absolute Gasteiger partial charge is 0.282 e. The van der Waals surface area contributed by atoms with Gasteiger partial charge in [0.1, 0.15) is 0 Å².